The molecule has 0 saturated carbocycles. The molecule has 2 heterocycles. The molecule has 0 spiro atoms. The van der Waals surface area contributed by atoms with E-state index in [2.05, 4.69) is 191 Å². The van der Waals surface area contributed by atoms with E-state index >= 15 is 0 Å². The smallest absolute Gasteiger partial charge is 0.168 e. The van der Waals surface area contributed by atoms with Crippen molar-refractivity contribution < 1.29 is 0 Å². The van der Waals surface area contributed by atoms with Crippen molar-refractivity contribution in [1.29, 1.82) is 0 Å². The molecule has 270 valence electrons. The minimum absolute atomic E-state index is 0.0115. The van der Waals surface area contributed by atoms with Crippen molar-refractivity contribution in [2.24, 2.45) is 0 Å². The highest BCUT2D eigenvalue weighted by molar-refractivity contribution is 6.11. The van der Waals surface area contributed by atoms with Gasteiger partial charge in [-0.15, -0.1) is 10.2 Å². The summed E-state index contributed by atoms with van der Waals surface area (Å²) < 4.78 is 4.56. The molecule has 2 aromatic heterocycles. The molecule has 0 radical (unpaired) electrons. The molecular weight excluding hydrogens is 693 g/mol. The number of fused-ring (bicyclic) bond motifs is 6. The average Bonchev–Trinajstić information content (AvgIpc) is 3.93. The van der Waals surface area contributed by atoms with Crippen LogP contribution in [-0.4, -0.2) is 19.3 Å². The first-order valence-corrected chi connectivity index (χ1v) is 19.6. The van der Waals surface area contributed by atoms with E-state index in [0.717, 1.165) is 45.3 Å². The van der Waals surface area contributed by atoms with Gasteiger partial charge in [0.05, 0.1) is 11.0 Å². The van der Waals surface area contributed by atoms with Gasteiger partial charge in [-0.3, -0.25) is 4.57 Å². The van der Waals surface area contributed by atoms with Crippen LogP contribution in [0.5, 0.6) is 0 Å². The third-order valence-electron chi connectivity index (χ3n) is 11.9. The zero-order chi connectivity index (χ0) is 38.1. The van der Waals surface area contributed by atoms with Gasteiger partial charge in [-0.2, -0.15) is 0 Å². The van der Waals surface area contributed by atoms with Crippen LogP contribution in [0.2, 0.25) is 0 Å². The van der Waals surface area contributed by atoms with Gasteiger partial charge in [0.15, 0.2) is 11.6 Å². The van der Waals surface area contributed by atoms with Crippen LogP contribution in [0.4, 0.5) is 0 Å². The van der Waals surface area contributed by atoms with Crippen LogP contribution < -0.4 is 0 Å². The lowest BCUT2D eigenvalue weighted by molar-refractivity contribution is 0.660. The molecule has 1 aliphatic rings. The fourth-order valence-corrected chi connectivity index (χ4v) is 9.02. The Labute approximate surface area is 332 Å². The highest BCUT2D eigenvalue weighted by Gasteiger charge is 2.35. The maximum atomic E-state index is 4.68. The van der Waals surface area contributed by atoms with E-state index in [-0.39, 0.29) is 5.41 Å². The Kier molecular flexibility index (Phi) is 7.48. The summed E-state index contributed by atoms with van der Waals surface area (Å²) in [6.07, 6.45) is 0. The van der Waals surface area contributed by atoms with Crippen LogP contribution in [-0.2, 0) is 5.41 Å². The minimum atomic E-state index is -0.0115. The van der Waals surface area contributed by atoms with Crippen molar-refractivity contribution in [3.63, 3.8) is 0 Å². The largest absolute Gasteiger partial charge is 0.309 e. The zero-order valence-corrected chi connectivity index (χ0v) is 31.8. The van der Waals surface area contributed by atoms with Gasteiger partial charge >= 0.3 is 0 Å². The highest BCUT2D eigenvalue weighted by Crippen LogP contribution is 2.49. The molecule has 0 atom stereocenters. The minimum Gasteiger partial charge on any atom is -0.309 e. The molecule has 8 aromatic carbocycles. The number of aromatic nitrogens is 4. The quantitative estimate of drug-likeness (QED) is 0.171. The lowest BCUT2D eigenvalue weighted by Crippen LogP contribution is -2.14. The second-order valence-electron chi connectivity index (χ2n) is 15.5. The number of para-hydroxylation sites is 1. The first-order chi connectivity index (χ1) is 28.0. The summed E-state index contributed by atoms with van der Waals surface area (Å²) in [7, 11) is 0. The van der Waals surface area contributed by atoms with Crippen LogP contribution >= 0.6 is 0 Å². The van der Waals surface area contributed by atoms with Crippen molar-refractivity contribution in [1.82, 2.24) is 19.3 Å². The SMILES string of the molecule is CC1(C)c2ccccc2-c2cc(-c3ccc4c(c3)c3ccc(-c5ccc(-n6c(-c7ccccc7)nnc6-c6ccccc6)cc5)cc3n4-c3ccccc3)ccc21. The molecule has 10 aromatic rings. The van der Waals surface area contributed by atoms with Gasteiger partial charge in [0.1, 0.15) is 0 Å². The van der Waals surface area contributed by atoms with Gasteiger partial charge in [0.2, 0.25) is 0 Å². The van der Waals surface area contributed by atoms with Gasteiger partial charge in [-0.25, -0.2) is 0 Å². The summed E-state index contributed by atoms with van der Waals surface area (Å²) in [6, 6.07) is 69.8. The third-order valence-corrected chi connectivity index (χ3v) is 11.9. The van der Waals surface area contributed by atoms with Crippen molar-refractivity contribution in [2.45, 2.75) is 19.3 Å². The predicted molar refractivity (Wildman–Crippen MR) is 235 cm³/mol. The number of hydrogen-bond acceptors (Lipinski definition) is 2. The first-order valence-electron chi connectivity index (χ1n) is 19.6. The summed E-state index contributed by atoms with van der Waals surface area (Å²) >= 11 is 0. The third kappa shape index (κ3) is 5.29. The lowest BCUT2D eigenvalue weighted by Gasteiger charge is -2.21. The van der Waals surface area contributed by atoms with Crippen LogP contribution in [0, 0.1) is 0 Å². The summed E-state index contributed by atoms with van der Waals surface area (Å²) in [4.78, 5) is 0. The van der Waals surface area contributed by atoms with Crippen LogP contribution in [0.1, 0.15) is 25.0 Å². The van der Waals surface area contributed by atoms with Crippen LogP contribution in [0.25, 0.3) is 89.3 Å². The van der Waals surface area contributed by atoms with Gasteiger partial charge in [-0.1, -0.05) is 159 Å². The molecular formula is C53H38N4. The zero-order valence-electron chi connectivity index (χ0n) is 31.8. The van der Waals surface area contributed by atoms with E-state index in [0.29, 0.717) is 0 Å². The highest BCUT2D eigenvalue weighted by atomic mass is 15.3. The van der Waals surface area contributed by atoms with Crippen LogP contribution in [0.3, 0.4) is 0 Å². The van der Waals surface area contributed by atoms with E-state index in [9.17, 15) is 0 Å². The summed E-state index contributed by atoms with van der Waals surface area (Å²) in [5, 5.41) is 11.8. The number of hydrogen-bond donors (Lipinski definition) is 0. The van der Waals surface area contributed by atoms with Crippen molar-refractivity contribution >= 4 is 21.8 Å². The fourth-order valence-electron chi connectivity index (χ4n) is 9.02. The molecule has 4 nitrogen and oxygen atoms in total. The van der Waals surface area contributed by atoms with E-state index in [1.54, 1.807) is 0 Å². The van der Waals surface area contributed by atoms with Gasteiger partial charge in [0, 0.05) is 38.7 Å². The summed E-state index contributed by atoms with van der Waals surface area (Å²) in [5.41, 5.74) is 16.8. The van der Waals surface area contributed by atoms with Gasteiger partial charge in [0.25, 0.3) is 0 Å². The Balaban J connectivity index is 1.02. The monoisotopic (exact) mass is 730 g/mol. The topological polar surface area (TPSA) is 35.6 Å². The second-order valence-corrected chi connectivity index (χ2v) is 15.5. The van der Waals surface area contributed by atoms with E-state index in [1.165, 1.54) is 55.2 Å². The van der Waals surface area contributed by atoms with E-state index in [4.69, 9.17) is 0 Å². The van der Waals surface area contributed by atoms with Gasteiger partial charge < -0.3 is 4.57 Å². The molecule has 0 fully saturated rings. The Morgan fingerprint density at radius 2 is 0.877 bits per heavy atom. The molecule has 0 saturated heterocycles. The maximum Gasteiger partial charge on any atom is 0.168 e. The Morgan fingerprint density at radius 1 is 0.351 bits per heavy atom. The van der Waals surface area contributed by atoms with Crippen LogP contribution in [0.15, 0.2) is 194 Å². The molecule has 4 heteroatoms. The molecule has 11 rings (SSSR count). The van der Waals surface area contributed by atoms with Gasteiger partial charge in [-0.05, 0) is 93.0 Å². The first kappa shape index (κ1) is 33.1. The molecule has 0 bridgehead atoms. The number of rotatable bonds is 6. The Bertz CT molecular complexity index is 3060. The Morgan fingerprint density at radius 3 is 1.58 bits per heavy atom. The molecule has 1 aliphatic carbocycles. The van der Waals surface area contributed by atoms with Crippen molar-refractivity contribution in [2.75, 3.05) is 0 Å². The molecule has 0 N–H and O–H groups in total. The number of nitrogens with zero attached hydrogens (tertiary/aromatic N) is 4. The van der Waals surface area contributed by atoms with E-state index < -0.39 is 0 Å². The molecule has 0 unspecified atom stereocenters. The predicted octanol–water partition coefficient (Wildman–Crippen LogP) is 13.3. The molecule has 57 heavy (non-hydrogen) atoms. The van der Waals surface area contributed by atoms with Crippen molar-refractivity contribution in [3.8, 4) is 67.5 Å². The maximum absolute atomic E-state index is 4.68. The van der Waals surface area contributed by atoms with Crippen molar-refractivity contribution in [3.05, 3.63) is 205 Å². The lowest BCUT2D eigenvalue weighted by atomic mass is 9.82. The van der Waals surface area contributed by atoms with E-state index in [1.807, 2.05) is 36.4 Å². The summed E-state index contributed by atoms with van der Waals surface area (Å²) in [6.45, 7) is 4.68. The molecule has 0 aliphatic heterocycles. The number of benzene rings is 8. The fraction of sp³-hybridized carbons (Fsp3) is 0.0566. The standard InChI is InChI=1S/C53H38N4/c1-53(2)47-21-13-12-20-43(47)45-32-38(25-30-48(45)53)39-26-31-49-46(33-39)44-29-24-40(34-50(44)56(49)41-18-10-5-11-19-41)35-22-27-42(28-23-35)57-51(36-14-6-3-7-15-36)54-55-52(57)37-16-8-4-9-17-37/h3-34H,1-2H3. The second kappa shape index (κ2) is 12.9. The molecule has 0 amide bonds. The average molecular weight is 731 g/mol. The summed E-state index contributed by atoms with van der Waals surface area (Å²) in [5.74, 6) is 1.62. The Hall–Kier alpha value is -7.30. The normalized spacial score (nSPS) is 12.9.